The van der Waals surface area contributed by atoms with Crippen LogP contribution in [0.15, 0.2) is 95.4 Å². The first-order chi connectivity index (χ1) is 30.1. The summed E-state index contributed by atoms with van der Waals surface area (Å²) in [6, 6.07) is 30.2. The van der Waals surface area contributed by atoms with E-state index in [9.17, 15) is 0 Å². The molecule has 28 radical (unpaired) electrons. The lowest BCUT2D eigenvalue weighted by Crippen LogP contribution is -2.57. The fraction of sp³-hybridized carbons (Fsp3) is 0. The molecule has 0 fully saturated rings. The number of nitrogens with zero attached hydrogens (tertiary/aromatic N) is 3. The van der Waals surface area contributed by atoms with E-state index in [1.165, 1.54) is 0 Å². The van der Waals surface area contributed by atoms with Gasteiger partial charge in [-0.2, -0.15) is 0 Å². The Morgan fingerprint density at radius 1 is 0.270 bits per heavy atom. The first-order valence-corrected chi connectivity index (χ1v) is 19.2. The molecule has 258 valence electrons. The monoisotopic (exact) mass is 767 g/mol. The third kappa shape index (κ3) is 6.96. The molecule has 63 heavy (non-hydrogen) atoms. The van der Waals surface area contributed by atoms with Gasteiger partial charge in [-0.1, -0.05) is 110 Å². The lowest BCUT2D eigenvalue weighted by Gasteiger charge is -2.28. The van der Waals surface area contributed by atoms with E-state index >= 15 is 0 Å². The average molecular weight is 765 g/mol. The summed E-state index contributed by atoms with van der Waals surface area (Å²) < 4.78 is 6.39. The summed E-state index contributed by atoms with van der Waals surface area (Å²) in [5, 5.41) is 1.76. The molecule has 7 aromatic carbocycles. The van der Waals surface area contributed by atoms with Gasteiger partial charge in [0.25, 0.3) is 0 Å². The van der Waals surface area contributed by atoms with E-state index in [2.05, 4.69) is 42.5 Å². The van der Waals surface area contributed by atoms with Gasteiger partial charge in [0.2, 0.25) is 0 Å². The Kier molecular flexibility index (Phi) is 10.9. The van der Waals surface area contributed by atoms with Crippen LogP contribution in [-0.2, 0) is 0 Å². The molecular formula is C45H15B14N3O. The number of fused-ring (bicyclic) bond motifs is 3. The molecule has 0 unspecified atom stereocenters. The zero-order valence-corrected chi connectivity index (χ0v) is 33.5. The molecule has 2 heterocycles. The smallest absolute Gasteiger partial charge is 0.164 e. The second-order valence-corrected chi connectivity index (χ2v) is 15.1. The third-order valence-corrected chi connectivity index (χ3v) is 11.4. The van der Waals surface area contributed by atoms with Gasteiger partial charge >= 0.3 is 0 Å². The Labute approximate surface area is 384 Å². The summed E-state index contributed by atoms with van der Waals surface area (Å²) in [5.74, 6) is -0.00634. The van der Waals surface area contributed by atoms with E-state index in [4.69, 9.17) is 129 Å². The lowest BCUT2D eigenvalue weighted by molar-refractivity contribution is 0.669. The van der Waals surface area contributed by atoms with Gasteiger partial charge in [-0.25, -0.2) is 15.0 Å². The van der Waals surface area contributed by atoms with Crippen molar-refractivity contribution in [3.05, 3.63) is 91.0 Å². The standard InChI is InChI=1S/C45H15B14N3O/c46-29-25(26-31(48)37(54)41(58)38(55)32(26)49)30(47)34(51)27(33(29)50)44-60-43(61-45(62-44)28-35(52)39(56)42(59)40(57)36(28)53)20-10-12-21-22-14-19(11-13-23(22)63-24(21)15-20)18-8-6-17(7-9-18)16-4-2-1-3-5-16/h1-15H. The molecule has 0 aliphatic heterocycles. The van der Waals surface area contributed by atoms with Gasteiger partial charge in [-0.3, -0.25) is 0 Å². The SMILES string of the molecule is [B]c1c([B])c([B])c(-c2nc(-c3ccc4c(c3)oc3ccc(-c5ccc(-c6ccccc6)cc5)cc34)nc(-c3c([B])c([B])c(-c4c([B])c([B])c([B])c([B])c4[B])c([B])c3[B])n2)c([B])c1[B]. The molecule has 0 atom stereocenters. The second-order valence-electron chi connectivity index (χ2n) is 15.1. The molecule has 0 bridgehead atoms. The van der Waals surface area contributed by atoms with Gasteiger partial charge in [0.05, 0.1) is 0 Å². The van der Waals surface area contributed by atoms with E-state index in [1.54, 1.807) is 6.07 Å². The molecule has 0 aliphatic rings. The van der Waals surface area contributed by atoms with Crippen LogP contribution in [0.2, 0.25) is 0 Å². The summed E-state index contributed by atoms with van der Waals surface area (Å²) in [4.78, 5) is 14.4. The van der Waals surface area contributed by atoms with Gasteiger partial charge in [0.1, 0.15) is 121 Å². The lowest BCUT2D eigenvalue weighted by atomic mass is 9.56. The Morgan fingerprint density at radius 3 is 1.14 bits per heavy atom. The minimum absolute atomic E-state index is 0.00180. The maximum absolute atomic E-state index is 6.79. The molecule has 0 amide bonds. The maximum atomic E-state index is 6.79. The topological polar surface area (TPSA) is 51.8 Å². The van der Waals surface area contributed by atoms with Crippen LogP contribution in [0.5, 0.6) is 0 Å². The zero-order chi connectivity index (χ0) is 44.8. The van der Waals surface area contributed by atoms with Crippen molar-refractivity contribution in [2.24, 2.45) is 0 Å². The first kappa shape index (κ1) is 42.6. The molecule has 0 N–H and O–H groups in total. The quantitative estimate of drug-likeness (QED) is 0.159. The number of hydrogen-bond acceptors (Lipinski definition) is 4. The van der Waals surface area contributed by atoms with Crippen molar-refractivity contribution in [2.45, 2.75) is 0 Å². The van der Waals surface area contributed by atoms with Crippen LogP contribution in [0.3, 0.4) is 0 Å². The molecule has 0 aliphatic carbocycles. The average Bonchev–Trinajstić information content (AvgIpc) is 3.67. The molecule has 0 saturated carbocycles. The van der Waals surface area contributed by atoms with Crippen LogP contribution in [0.25, 0.3) is 89.5 Å². The fourth-order valence-corrected chi connectivity index (χ4v) is 7.86. The molecule has 0 saturated heterocycles. The van der Waals surface area contributed by atoms with Crippen LogP contribution in [-0.4, -0.2) is 125 Å². The van der Waals surface area contributed by atoms with Gasteiger partial charge in [-0.05, 0) is 57.6 Å². The number of aromatic nitrogens is 3. The number of rotatable bonds is 6. The highest BCUT2D eigenvalue weighted by Crippen LogP contribution is 2.35. The van der Waals surface area contributed by atoms with Crippen LogP contribution >= 0.6 is 0 Å². The summed E-state index contributed by atoms with van der Waals surface area (Å²) in [6.07, 6.45) is 0. The van der Waals surface area contributed by atoms with E-state index in [0.717, 1.165) is 33.0 Å². The minimum atomic E-state index is -0.0944. The number of benzene rings is 7. The van der Waals surface area contributed by atoms with Crippen molar-refractivity contribution in [1.82, 2.24) is 15.0 Å². The number of hydrogen-bond donors (Lipinski definition) is 0. The van der Waals surface area contributed by atoms with Crippen molar-refractivity contribution in [1.29, 1.82) is 0 Å². The van der Waals surface area contributed by atoms with Crippen LogP contribution < -0.4 is 76.5 Å². The highest BCUT2D eigenvalue weighted by atomic mass is 16.3. The maximum Gasteiger partial charge on any atom is 0.164 e. The fourth-order valence-electron chi connectivity index (χ4n) is 7.86. The van der Waals surface area contributed by atoms with Crippen molar-refractivity contribution in [3.63, 3.8) is 0 Å². The minimum Gasteiger partial charge on any atom is -0.456 e. The highest BCUT2D eigenvalue weighted by molar-refractivity contribution is 6.71. The van der Waals surface area contributed by atoms with Crippen LogP contribution in [0, 0.1) is 0 Å². The van der Waals surface area contributed by atoms with Gasteiger partial charge in [0, 0.05) is 27.5 Å². The highest BCUT2D eigenvalue weighted by Gasteiger charge is 2.24. The van der Waals surface area contributed by atoms with E-state index in [1.807, 2.05) is 42.5 Å². The Balaban J connectivity index is 1.21. The number of furan rings is 1. The first-order valence-electron chi connectivity index (χ1n) is 19.2. The predicted molar refractivity (Wildman–Crippen MR) is 275 cm³/mol. The van der Waals surface area contributed by atoms with Gasteiger partial charge in [-0.15, -0.1) is 32.8 Å². The molecular weight excluding hydrogens is 750 g/mol. The van der Waals surface area contributed by atoms with Crippen LogP contribution in [0.1, 0.15) is 0 Å². The summed E-state index contributed by atoms with van der Waals surface area (Å²) in [7, 11) is 90.0. The summed E-state index contributed by atoms with van der Waals surface area (Å²) in [5.41, 5.74) is 5.76. The largest absolute Gasteiger partial charge is 0.456 e. The van der Waals surface area contributed by atoms with Crippen molar-refractivity contribution < 1.29 is 4.42 Å². The molecule has 18 heteroatoms. The van der Waals surface area contributed by atoms with Crippen molar-refractivity contribution in [2.75, 3.05) is 0 Å². The Morgan fingerprint density at radius 2 is 0.635 bits per heavy atom. The Bertz CT molecular complexity index is 3310. The summed E-state index contributed by atoms with van der Waals surface area (Å²) >= 11 is 0. The van der Waals surface area contributed by atoms with Crippen molar-refractivity contribution >= 4 is 208 Å². The zero-order valence-electron chi connectivity index (χ0n) is 33.5. The Hall–Kier alpha value is -5.74. The molecule has 2 aromatic heterocycles. The molecule has 0 spiro atoms. The molecule has 4 nitrogen and oxygen atoms in total. The summed E-state index contributed by atoms with van der Waals surface area (Å²) in [6.45, 7) is 0. The third-order valence-electron chi connectivity index (χ3n) is 11.4. The van der Waals surface area contributed by atoms with Crippen LogP contribution in [0.4, 0.5) is 0 Å². The van der Waals surface area contributed by atoms with Crippen molar-refractivity contribution in [3.8, 4) is 67.5 Å². The molecule has 9 rings (SSSR count). The van der Waals surface area contributed by atoms with E-state index < -0.39 is 0 Å². The van der Waals surface area contributed by atoms with E-state index in [0.29, 0.717) is 16.7 Å². The van der Waals surface area contributed by atoms with Gasteiger partial charge < -0.3 is 4.42 Å². The second kappa shape index (κ2) is 16.1. The van der Waals surface area contributed by atoms with E-state index in [-0.39, 0.29) is 116 Å². The predicted octanol–water partition coefficient (Wildman–Crippen LogP) is -5.11. The molecule has 9 aromatic rings. The van der Waals surface area contributed by atoms with Gasteiger partial charge in [0.15, 0.2) is 17.5 Å². The normalized spacial score (nSPS) is 11.4.